The van der Waals surface area contributed by atoms with Crippen molar-refractivity contribution >= 4 is 12.0 Å². The van der Waals surface area contributed by atoms with Crippen LogP contribution in [0.15, 0.2) is 24.3 Å². The van der Waals surface area contributed by atoms with Crippen LogP contribution in [0.1, 0.15) is 37.3 Å². The number of hydrogen-bond acceptors (Lipinski definition) is 3. The highest BCUT2D eigenvalue weighted by Gasteiger charge is 2.18. The molecule has 0 saturated heterocycles. The number of benzene rings is 1. The molecule has 1 atom stereocenters. The zero-order valence-electron chi connectivity index (χ0n) is 12.3. The Balaban J connectivity index is 2.46. The summed E-state index contributed by atoms with van der Waals surface area (Å²) in [5, 5.41) is 22.5. The van der Waals surface area contributed by atoms with E-state index in [2.05, 4.69) is 24.5 Å². The van der Waals surface area contributed by atoms with Gasteiger partial charge in [-0.2, -0.15) is 0 Å². The summed E-state index contributed by atoms with van der Waals surface area (Å²) >= 11 is 0. The van der Waals surface area contributed by atoms with Gasteiger partial charge in [-0.1, -0.05) is 38.1 Å². The minimum Gasteiger partial charge on any atom is -0.480 e. The summed E-state index contributed by atoms with van der Waals surface area (Å²) in [6.45, 7) is 4.23. The van der Waals surface area contributed by atoms with E-state index in [1.54, 1.807) is 0 Å². The Bertz CT molecular complexity index is 471. The average Bonchev–Trinajstić information content (AvgIpc) is 2.45. The summed E-state index contributed by atoms with van der Waals surface area (Å²) in [5.41, 5.74) is 2.15. The lowest BCUT2D eigenvalue weighted by atomic mass is 10.0. The number of rotatable bonds is 7. The molecule has 1 aromatic carbocycles. The van der Waals surface area contributed by atoms with Gasteiger partial charge < -0.3 is 20.8 Å². The first-order chi connectivity index (χ1) is 9.93. The standard InChI is InChI=1S/C15H22N2O4/c1-10(2)12-5-3-11(4-6-12)9-16-15(21)17-13(7-8-18)14(19)20/h3-6,10,13,18H,7-9H2,1-2H3,(H,19,20)(H2,16,17,21)/t13-/m1/s1. The monoisotopic (exact) mass is 294 g/mol. The van der Waals surface area contributed by atoms with Crippen LogP contribution >= 0.6 is 0 Å². The van der Waals surface area contributed by atoms with Gasteiger partial charge >= 0.3 is 12.0 Å². The molecule has 0 saturated carbocycles. The van der Waals surface area contributed by atoms with Crippen LogP contribution in [0, 0.1) is 0 Å². The van der Waals surface area contributed by atoms with Gasteiger partial charge in [0.15, 0.2) is 0 Å². The van der Waals surface area contributed by atoms with E-state index >= 15 is 0 Å². The van der Waals surface area contributed by atoms with Crippen LogP contribution in [-0.4, -0.2) is 34.9 Å². The number of aliphatic hydroxyl groups excluding tert-OH is 1. The first kappa shape index (κ1) is 17.0. The van der Waals surface area contributed by atoms with E-state index in [1.807, 2.05) is 24.3 Å². The first-order valence-electron chi connectivity index (χ1n) is 6.91. The van der Waals surface area contributed by atoms with Crippen molar-refractivity contribution in [2.75, 3.05) is 6.61 Å². The largest absolute Gasteiger partial charge is 0.480 e. The first-order valence-corrected chi connectivity index (χ1v) is 6.91. The zero-order chi connectivity index (χ0) is 15.8. The molecule has 0 radical (unpaired) electrons. The van der Waals surface area contributed by atoms with Gasteiger partial charge in [-0.15, -0.1) is 0 Å². The van der Waals surface area contributed by atoms with Gasteiger partial charge in [-0.25, -0.2) is 9.59 Å². The molecule has 0 aliphatic rings. The van der Waals surface area contributed by atoms with E-state index in [0.29, 0.717) is 12.5 Å². The van der Waals surface area contributed by atoms with Crippen molar-refractivity contribution in [3.63, 3.8) is 0 Å². The number of amides is 2. The molecule has 21 heavy (non-hydrogen) atoms. The van der Waals surface area contributed by atoms with Gasteiger partial charge in [0.2, 0.25) is 0 Å². The Morgan fingerprint density at radius 2 is 1.81 bits per heavy atom. The quantitative estimate of drug-likeness (QED) is 0.611. The third-order valence-corrected chi connectivity index (χ3v) is 3.12. The Labute approximate surface area is 124 Å². The number of carboxylic acids is 1. The fourth-order valence-corrected chi connectivity index (χ4v) is 1.80. The molecule has 0 bridgehead atoms. The molecule has 2 amide bonds. The maximum Gasteiger partial charge on any atom is 0.326 e. The van der Waals surface area contributed by atoms with Crippen LogP contribution < -0.4 is 10.6 Å². The van der Waals surface area contributed by atoms with E-state index in [1.165, 1.54) is 5.56 Å². The molecule has 4 N–H and O–H groups in total. The predicted molar refractivity (Wildman–Crippen MR) is 79.0 cm³/mol. The number of nitrogens with one attached hydrogen (secondary N) is 2. The number of aliphatic carboxylic acids is 1. The van der Waals surface area contributed by atoms with E-state index in [0.717, 1.165) is 5.56 Å². The lowest BCUT2D eigenvalue weighted by Crippen LogP contribution is -2.46. The van der Waals surface area contributed by atoms with E-state index < -0.39 is 18.0 Å². The Hall–Kier alpha value is -2.08. The van der Waals surface area contributed by atoms with Gasteiger partial charge in [-0.3, -0.25) is 0 Å². The number of hydrogen-bond donors (Lipinski definition) is 4. The van der Waals surface area contributed by atoms with Crippen molar-refractivity contribution in [3.05, 3.63) is 35.4 Å². The molecular weight excluding hydrogens is 272 g/mol. The molecule has 0 aliphatic carbocycles. The van der Waals surface area contributed by atoms with Crippen molar-refractivity contribution in [2.45, 2.75) is 38.8 Å². The molecule has 1 aromatic rings. The van der Waals surface area contributed by atoms with Gasteiger partial charge in [0.05, 0.1) is 0 Å². The Morgan fingerprint density at radius 1 is 1.19 bits per heavy atom. The third-order valence-electron chi connectivity index (χ3n) is 3.12. The molecule has 0 unspecified atom stereocenters. The second kappa shape index (κ2) is 8.26. The number of carbonyl (C=O) groups is 2. The molecule has 0 spiro atoms. The van der Waals surface area contributed by atoms with Gasteiger partial charge in [0.1, 0.15) is 6.04 Å². The molecule has 6 nitrogen and oxygen atoms in total. The molecule has 116 valence electrons. The van der Waals surface area contributed by atoms with Crippen LogP contribution in [0.2, 0.25) is 0 Å². The summed E-state index contributed by atoms with van der Waals surface area (Å²) in [5.74, 6) is -0.717. The molecule has 6 heteroatoms. The topological polar surface area (TPSA) is 98.7 Å². The lowest BCUT2D eigenvalue weighted by molar-refractivity contribution is -0.139. The summed E-state index contributed by atoms with van der Waals surface area (Å²) in [6, 6.07) is 6.22. The third kappa shape index (κ3) is 5.83. The second-order valence-electron chi connectivity index (χ2n) is 5.13. The van der Waals surface area contributed by atoms with Crippen molar-refractivity contribution < 1.29 is 19.8 Å². The molecule has 0 fully saturated rings. The summed E-state index contributed by atoms with van der Waals surface area (Å²) in [6.07, 6.45) is -0.0220. The van der Waals surface area contributed by atoms with E-state index in [9.17, 15) is 9.59 Å². The van der Waals surface area contributed by atoms with Crippen molar-refractivity contribution in [3.8, 4) is 0 Å². The molecule has 0 heterocycles. The van der Waals surface area contributed by atoms with E-state index in [-0.39, 0.29) is 13.0 Å². The minimum atomic E-state index is -1.17. The minimum absolute atomic E-state index is 0.0220. The highest BCUT2D eigenvalue weighted by molar-refractivity contribution is 5.82. The van der Waals surface area contributed by atoms with Crippen LogP contribution in [0.5, 0.6) is 0 Å². The van der Waals surface area contributed by atoms with Gasteiger partial charge in [-0.05, 0) is 17.0 Å². The maximum atomic E-state index is 11.6. The highest BCUT2D eigenvalue weighted by atomic mass is 16.4. The highest BCUT2D eigenvalue weighted by Crippen LogP contribution is 2.14. The summed E-state index contributed by atoms with van der Waals surface area (Å²) in [7, 11) is 0. The van der Waals surface area contributed by atoms with Crippen molar-refractivity contribution in [1.82, 2.24) is 10.6 Å². The summed E-state index contributed by atoms with van der Waals surface area (Å²) in [4.78, 5) is 22.5. The zero-order valence-corrected chi connectivity index (χ0v) is 12.3. The van der Waals surface area contributed by atoms with Crippen LogP contribution in [0.4, 0.5) is 4.79 Å². The Kier molecular flexibility index (Phi) is 6.68. The SMILES string of the molecule is CC(C)c1ccc(CNC(=O)N[C@H](CCO)C(=O)O)cc1. The second-order valence-corrected chi connectivity index (χ2v) is 5.13. The maximum absolute atomic E-state index is 11.6. The fraction of sp³-hybridized carbons (Fsp3) is 0.467. The van der Waals surface area contributed by atoms with Crippen LogP contribution in [-0.2, 0) is 11.3 Å². The average molecular weight is 294 g/mol. The molecular formula is C15H22N2O4. The molecule has 0 aromatic heterocycles. The number of aliphatic hydroxyl groups is 1. The number of carboxylic acid groups (broad SMARTS) is 1. The lowest BCUT2D eigenvalue weighted by Gasteiger charge is -2.14. The predicted octanol–water partition coefficient (Wildman–Crippen LogP) is 1.44. The van der Waals surface area contributed by atoms with Crippen LogP contribution in [0.25, 0.3) is 0 Å². The van der Waals surface area contributed by atoms with Gasteiger partial charge in [0.25, 0.3) is 0 Å². The van der Waals surface area contributed by atoms with Crippen molar-refractivity contribution in [2.24, 2.45) is 0 Å². The smallest absolute Gasteiger partial charge is 0.326 e. The van der Waals surface area contributed by atoms with E-state index in [4.69, 9.17) is 10.2 Å². The normalized spacial score (nSPS) is 12.0. The molecule has 0 aliphatic heterocycles. The fourth-order valence-electron chi connectivity index (χ4n) is 1.80. The number of carbonyl (C=O) groups excluding carboxylic acids is 1. The number of urea groups is 1. The Morgan fingerprint density at radius 3 is 2.29 bits per heavy atom. The van der Waals surface area contributed by atoms with Crippen LogP contribution in [0.3, 0.4) is 0 Å². The molecule has 1 rings (SSSR count). The van der Waals surface area contributed by atoms with Gasteiger partial charge in [0, 0.05) is 19.6 Å². The summed E-state index contributed by atoms with van der Waals surface area (Å²) < 4.78 is 0. The van der Waals surface area contributed by atoms with Crippen molar-refractivity contribution in [1.29, 1.82) is 0 Å².